The minimum Gasteiger partial charge on any atom is -0.267 e. The zero-order valence-electron chi connectivity index (χ0n) is 11.8. The number of nitro benzene ring substituents is 1. The summed E-state index contributed by atoms with van der Waals surface area (Å²) in [6, 6.07) is 6.56. The van der Waals surface area contributed by atoms with E-state index in [1.165, 1.54) is 30.5 Å². The number of carbonyl (C=O) groups excluding carboxylic acids is 1. The molecular weight excluding hydrogens is 324 g/mol. The van der Waals surface area contributed by atoms with Crippen molar-refractivity contribution in [1.82, 2.24) is 5.43 Å². The van der Waals surface area contributed by atoms with Crippen molar-refractivity contribution in [2.45, 2.75) is 6.92 Å². The Hall–Kier alpha value is -3.14. The fourth-order valence-corrected chi connectivity index (χ4v) is 2.59. The number of benzene rings is 1. The Kier molecular flexibility index (Phi) is 4.76. The minimum atomic E-state index is -0.618. The lowest BCUT2D eigenvalue weighted by Gasteiger charge is -1.99. The van der Waals surface area contributed by atoms with E-state index in [2.05, 4.69) is 10.5 Å². The van der Waals surface area contributed by atoms with Gasteiger partial charge < -0.3 is 0 Å². The molecule has 2 rings (SSSR count). The molecule has 1 amide bonds. The molecule has 0 aliphatic carbocycles. The molecule has 0 aliphatic rings. The van der Waals surface area contributed by atoms with Gasteiger partial charge in [-0.25, -0.2) is 5.43 Å². The van der Waals surface area contributed by atoms with Crippen molar-refractivity contribution >= 4 is 34.8 Å². The Bertz CT molecular complexity index is 814. The maximum atomic E-state index is 11.8. The molecule has 0 unspecified atom stereocenters. The fraction of sp³-hybridized carbons (Fsp3) is 0.0769. The molecule has 1 aromatic carbocycles. The highest BCUT2D eigenvalue weighted by molar-refractivity contribution is 7.14. The number of non-ortho nitro benzene ring substituents is 1. The van der Waals surface area contributed by atoms with Crippen LogP contribution in [0.1, 0.15) is 20.1 Å². The van der Waals surface area contributed by atoms with Crippen molar-refractivity contribution in [1.29, 1.82) is 0 Å². The number of rotatable bonds is 5. The van der Waals surface area contributed by atoms with E-state index in [4.69, 9.17) is 0 Å². The van der Waals surface area contributed by atoms with Gasteiger partial charge in [0.1, 0.15) is 0 Å². The van der Waals surface area contributed by atoms with Crippen molar-refractivity contribution < 1.29 is 14.6 Å². The second-order valence-electron chi connectivity index (χ2n) is 4.35. The van der Waals surface area contributed by atoms with Gasteiger partial charge >= 0.3 is 0 Å². The molecule has 0 spiro atoms. The lowest BCUT2D eigenvalue weighted by molar-refractivity contribution is -0.385. The number of thiophene rings is 1. The van der Waals surface area contributed by atoms with Gasteiger partial charge in [-0.15, -0.1) is 11.3 Å². The Morgan fingerprint density at radius 2 is 2.00 bits per heavy atom. The molecule has 0 radical (unpaired) electrons. The number of hydrazone groups is 1. The predicted octanol–water partition coefficient (Wildman–Crippen LogP) is 2.64. The lowest BCUT2D eigenvalue weighted by atomic mass is 10.2. The van der Waals surface area contributed by atoms with Gasteiger partial charge in [-0.05, 0) is 13.0 Å². The number of hydrogen-bond acceptors (Lipinski definition) is 7. The highest BCUT2D eigenvalue weighted by Crippen LogP contribution is 2.26. The van der Waals surface area contributed by atoms with E-state index in [1.54, 1.807) is 6.92 Å². The maximum absolute atomic E-state index is 11.8. The van der Waals surface area contributed by atoms with E-state index in [1.807, 2.05) is 0 Å². The van der Waals surface area contributed by atoms with Crippen LogP contribution in [0.15, 0.2) is 35.4 Å². The average molecular weight is 334 g/mol. The van der Waals surface area contributed by atoms with Gasteiger partial charge in [0.25, 0.3) is 17.3 Å². The molecule has 23 heavy (non-hydrogen) atoms. The van der Waals surface area contributed by atoms with Crippen LogP contribution in [0.2, 0.25) is 0 Å². The molecule has 0 saturated carbocycles. The summed E-state index contributed by atoms with van der Waals surface area (Å²) < 4.78 is 0. The summed E-state index contributed by atoms with van der Waals surface area (Å²) in [5, 5.41) is 25.1. The third-order valence-electron chi connectivity index (χ3n) is 2.78. The monoisotopic (exact) mass is 334 g/mol. The van der Waals surface area contributed by atoms with Gasteiger partial charge in [0, 0.05) is 23.8 Å². The number of nitrogens with zero attached hydrogens (tertiary/aromatic N) is 3. The highest BCUT2D eigenvalue weighted by Gasteiger charge is 2.14. The largest absolute Gasteiger partial charge is 0.283 e. The number of nitrogens with one attached hydrogen (secondary N) is 1. The molecule has 9 nitrogen and oxygen atoms in total. The van der Waals surface area contributed by atoms with Crippen molar-refractivity contribution in [3.8, 4) is 0 Å². The fourth-order valence-electron chi connectivity index (χ4n) is 1.72. The summed E-state index contributed by atoms with van der Waals surface area (Å²) in [5.41, 5.74) is 2.09. The zero-order valence-corrected chi connectivity index (χ0v) is 12.6. The summed E-state index contributed by atoms with van der Waals surface area (Å²) in [5.74, 6) is -0.618. The van der Waals surface area contributed by atoms with Crippen LogP contribution >= 0.6 is 11.3 Å². The molecule has 118 valence electrons. The quantitative estimate of drug-likeness (QED) is 0.510. The topological polar surface area (TPSA) is 128 Å². The van der Waals surface area contributed by atoms with Gasteiger partial charge in [-0.2, -0.15) is 5.10 Å². The number of amides is 1. The highest BCUT2D eigenvalue weighted by atomic mass is 32.1. The van der Waals surface area contributed by atoms with Crippen LogP contribution in [0.25, 0.3) is 0 Å². The Morgan fingerprint density at radius 1 is 1.26 bits per heavy atom. The van der Waals surface area contributed by atoms with Gasteiger partial charge in [0.05, 0.1) is 25.8 Å². The maximum Gasteiger partial charge on any atom is 0.283 e. The number of aryl methyl sites for hydroxylation is 1. The summed E-state index contributed by atoms with van der Waals surface area (Å²) in [6.07, 6.45) is 1.28. The predicted molar refractivity (Wildman–Crippen MR) is 83.9 cm³/mol. The summed E-state index contributed by atoms with van der Waals surface area (Å²) in [4.78, 5) is 33.2. The second kappa shape index (κ2) is 6.75. The van der Waals surface area contributed by atoms with E-state index in [0.717, 1.165) is 17.4 Å². The van der Waals surface area contributed by atoms with Gasteiger partial charge in [0.15, 0.2) is 0 Å². The van der Waals surface area contributed by atoms with Crippen molar-refractivity contribution in [3.63, 3.8) is 0 Å². The van der Waals surface area contributed by atoms with Crippen LogP contribution in [-0.4, -0.2) is 22.0 Å². The van der Waals surface area contributed by atoms with Crippen LogP contribution in [0.4, 0.5) is 11.4 Å². The molecule has 1 N–H and O–H groups in total. The van der Waals surface area contributed by atoms with Crippen LogP contribution in [0.3, 0.4) is 0 Å². The second-order valence-corrected chi connectivity index (χ2v) is 5.64. The first-order valence-corrected chi connectivity index (χ1v) is 7.03. The molecule has 2 aromatic rings. The van der Waals surface area contributed by atoms with Crippen LogP contribution in [0, 0.1) is 27.2 Å². The van der Waals surface area contributed by atoms with Gasteiger partial charge in [-0.1, -0.05) is 6.07 Å². The smallest absolute Gasteiger partial charge is 0.267 e. The third kappa shape index (κ3) is 3.95. The summed E-state index contributed by atoms with van der Waals surface area (Å²) in [6.45, 7) is 1.61. The van der Waals surface area contributed by atoms with E-state index in [0.29, 0.717) is 9.75 Å². The molecule has 1 heterocycles. The van der Waals surface area contributed by atoms with Crippen LogP contribution in [0.5, 0.6) is 0 Å². The number of carbonyl (C=O) groups is 1. The van der Waals surface area contributed by atoms with Gasteiger partial charge in [-0.3, -0.25) is 25.0 Å². The third-order valence-corrected chi connectivity index (χ3v) is 3.76. The Balaban J connectivity index is 2.07. The first-order chi connectivity index (χ1) is 10.9. The molecule has 0 atom stereocenters. The molecular formula is C13H10N4O5S. The van der Waals surface area contributed by atoms with Crippen molar-refractivity contribution in [3.05, 3.63) is 65.9 Å². The molecule has 0 fully saturated rings. The van der Waals surface area contributed by atoms with E-state index in [-0.39, 0.29) is 16.9 Å². The first kappa shape index (κ1) is 16.2. The molecule has 0 aliphatic heterocycles. The Labute approximate surface area is 133 Å². The van der Waals surface area contributed by atoms with Crippen molar-refractivity contribution in [2.75, 3.05) is 0 Å². The molecule has 0 bridgehead atoms. The normalized spacial score (nSPS) is 10.7. The Morgan fingerprint density at radius 3 is 2.61 bits per heavy atom. The minimum absolute atomic E-state index is 0.0125. The SMILES string of the molecule is Cc1sc(/C=N\NC(=O)c2cccc([N+](=O)[O-])c2)cc1[N+](=O)[O-]. The van der Waals surface area contributed by atoms with Crippen molar-refractivity contribution in [2.24, 2.45) is 5.10 Å². The molecule has 0 saturated heterocycles. The van der Waals surface area contributed by atoms with E-state index >= 15 is 0 Å². The molecule has 1 aromatic heterocycles. The van der Waals surface area contributed by atoms with Crippen LogP contribution < -0.4 is 5.43 Å². The summed E-state index contributed by atoms with van der Waals surface area (Å²) in [7, 11) is 0. The van der Waals surface area contributed by atoms with Gasteiger partial charge in [0.2, 0.25) is 0 Å². The standard InChI is InChI=1S/C13H10N4O5S/c1-8-12(17(21)22)6-11(23-8)7-14-15-13(18)9-3-2-4-10(5-9)16(19)20/h2-7H,1H3,(H,15,18)/b14-7-. The van der Waals surface area contributed by atoms with Crippen LogP contribution in [-0.2, 0) is 0 Å². The van der Waals surface area contributed by atoms with E-state index < -0.39 is 15.8 Å². The first-order valence-electron chi connectivity index (χ1n) is 6.21. The number of nitro groups is 2. The summed E-state index contributed by atoms with van der Waals surface area (Å²) >= 11 is 1.16. The zero-order chi connectivity index (χ0) is 17.0. The average Bonchev–Trinajstić information content (AvgIpc) is 2.88. The lowest BCUT2D eigenvalue weighted by Crippen LogP contribution is -2.17. The molecule has 10 heteroatoms. The number of hydrogen-bond donors (Lipinski definition) is 1. The van der Waals surface area contributed by atoms with E-state index in [9.17, 15) is 25.0 Å².